The lowest BCUT2D eigenvalue weighted by atomic mass is 10.1. The number of anilines is 1. The van der Waals surface area contributed by atoms with Crippen molar-refractivity contribution in [1.82, 2.24) is 4.98 Å². The smallest absolute Gasteiger partial charge is 0.133 e. The first-order valence-corrected chi connectivity index (χ1v) is 8.03. The summed E-state index contributed by atoms with van der Waals surface area (Å²) in [4.78, 5) is 4.52. The van der Waals surface area contributed by atoms with E-state index in [0.29, 0.717) is 11.3 Å². The third kappa shape index (κ3) is 3.31. The molecule has 21 heavy (non-hydrogen) atoms. The van der Waals surface area contributed by atoms with Gasteiger partial charge in [-0.25, -0.2) is 9.37 Å². The van der Waals surface area contributed by atoms with Crippen LogP contribution < -0.4 is 5.73 Å². The molecule has 0 atom stereocenters. The lowest BCUT2D eigenvalue weighted by Crippen LogP contribution is -1.90. The van der Waals surface area contributed by atoms with Gasteiger partial charge in [-0.2, -0.15) is 0 Å². The second kappa shape index (κ2) is 5.95. The Morgan fingerprint density at radius 3 is 2.62 bits per heavy atom. The van der Waals surface area contributed by atoms with Crippen molar-refractivity contribution in [3.8, 4) is 11.3 Å². The summed E-state index contributed by atoms with van der Waals surface area (Å²) in [5.41, 5.74) is 8.76. The van der Waals surface area contributed by atoms with Crippen LogP contribution in [0.2, 0.25) is 0 Å². The minimum Gasteiger partial charge on any atom is -0.399 e. The number of benzene rings is 2. The molecule has 2 aromatic carbocycles. The summed E-state index contributed by atoms with van der Waals surface area (Å²) < 4.78 is 14.7. The lowest BCUT2D eigenvalue weighted by Gasteiger charge is -2.00. The van der Waals surface area contributed by atoms with E-state index in [0.717, 1.165) is 27.2 Å². The predicted molar refractivity (Wildman–Crippen MR) is 88.9 cm³/mol. The van der Waals surface area contributed by atoms with Gasteiger partial charge in [0.05, 0.1) is 10.7 Å². The molecule has 0 saturated carbocycles. The van der Waals surface area contributed by atoms with Crippen LogP contribution in [0.5, 0.6) is 0 Å². The molecule has 0 aliphatic carbocycles. The number of nitrogen functional groups attached to an aromatic ring is 1. The van der Waals surface area contributed by atoms with Gasteiger partial charge in [-0.3, -0.25) is 0 Å². The van der Waals surface area contributed by atoms with E-state index in [2.05, 4.69) is 20.9 Å². The maximum absolute atomic E-state index is 13.9. The van der Waals surface area contributed by atoms with Crippen LogP contribution in [0.15, 0.2) is 52.3 Å². The van der Waals surface area contributed by atoms with Gasteiger partial charge in [-0.15, -0.1) is 11.3 Å². The molecule has 0 fully saturated rings. The third-order valence-corrected chi connectivity index (χ3v) is 4.44. The van der Waals surface area contributed by atoms with Crippen molar-refractivity contribution in [1.29, 1.82) is 0 Å². The number of nitrogens with two attached hydrogens (primary N) is 1. The minimum atomic E-state index is -0.270. The van der Waals surface area contributed by atoms with Gasteiger partial charge < -0.3 is 5.73 Å². The molecule has 0 unspecified atom stereocenters. The zero-order chi connectivity index (χ0) is 14.8. The molecule has 0 saturated heterocycles. The lowest BCUT2D eigenvalue weighted by molar-refractivity contribution is 0.630. The van der Waals surface area contributed by atoms with E-state index < -0.39 is 0 Å². The largest absolute Gasteiger partial charge is 0.399 e. The Balaban J connectivity index is 1.84. The first-order valence-electron chi connectivity index (χ1n) is 6.36. The normalized spacial score (nSPS) is 10.8. The molecule has 3 aromatic rings. The second-order valence-corrected chi connectivity index (χ2v) is 6.53. The Morgan fingerprint density at radius 2 is 1.90 bits per heavy atom. The SMILES string of the molecule is Nc1ccc(Cc2nc(-c3ccc(Br)cc3F)cs2)cc1. The summed E-state index contributed by atoms with van der Waals surface area (Å²) in [6.45, 7) is 0. The summed E-state index contributed by atoms with van der Waals surface area (Å²) in [5.74, 6) is -0.270. The van der Waals surface area contributed by atoms with Gasteiger partial charge >= 0.3 is 0 Å². The van der Waals surface area contributed by atoms with Crippen molar-refractivity contribution in [3.63, 3.8) is 0 Å². The fraction of sp³-hybridized carbons (Fsp3) is 0.0625. The molecule has 5 heteroatoms. The molecule has 1 aromatic heterocycles. The third-order valence-electron chi connectivity index (χ3n) is 3.09. The summed E-state index contributed by atoms with van der Waals surface area (Å²) in [6.07, 6.45) is 0.725. The van der Waals surface area contributed by atoms with Crippen LogP contribution in [0.4, 0.5) is 10.1 Å². The molecule has 0 bridgehead atoms. The Hall–Kier alpha value is -1.72. The van der Waals surface area contributed by atoms with Gasteiger partial charge in [-0.1, -0.05) is 28.1 Å². The quantitative estimate of drug-likeness (QED) is 0.674. The van der Waals surface area contributed by atoms with Gasteiger partial charge in [0.15, 0.2) is 0 Å². The van der Waals surface area contributed by atoms with Gasteiger partial charge in [-0.05, 0) is 35.9 Å². The summed E-state index contributed by atoms with van der Waals surface area (Å²) in [6, 6.07) is 12.7. The van der Waals surface area contributed by atoms with Crippen LogP contribution >= 0.6 is 27.3 Å². The van der Waals surface area contributed by atoms with Crippen molar-refractivity contribution in [3.05, 3.63) is 68.7 Å². The second-order valence-electron chi connectivity index (χ2n) is 4.67. The molecular formula is C16H12BrFN2S. The van der Waals surface area contributed by atoms with Crippen LogP contribution in [0.1, 0.15) is 10.6 Å². The predicted octanol–water partition coefficient (Wildman–Crippen LogP) is 4.88. The first-order chi connectivity index (χ1) is 10.1. The Labute approximate surface area is 134 Å². The number of hydrogen-bond acceptors (Lipinski definition) is 3. The highest BCUT2D eigenvalue weighted by atomic mass is 79.9. The van der Waals surface area contributed by atoms with Crippen LogP contribution in [-0.2, 0) is 6.42 Å². The van der Waals surface area contributed by atoms with E-state index in [9.17, 15) is 4.39 Å². The highest BCUT2D eigenvalue weighted by Gasteiger charge is 2.10. The molecule has 2 nitrogen and oxygen atoms in total. The maximum Gasteiger partial charge on any atom is 0.133 e. The first kappa shape index (κ1) is 14.2. The molecule has 0 aliphatic rings. The van der Waals surface area contributed by atoms with Crippen LogP contribution in [0.25, 0.3) is 11.3 Å². The van der Waals surface area contributed by atoms with Crippen molar-refractivity contribution in [2.75, 3.05) is 5.73 Å². The fourth-order valence-corrected chi connectivity index (χ4v) is 3.18. The average molecular weight is 363 g/mol. The summed E-state index contributed by atoms with van der Waals surface area (Å²) in [5, 5.41) is 2.84. The number of nitrogens with zero attached hydrogens (tertiary/aromatic N) is 1. The Morgan fingerprint density at radius 1 is 1.14 bits per heavy atom. The van der Waals surface area contributed by atoms with Gasteiger partial charge in [0.2, 0.25) is 0 Å². The van der Waals surface area contributed by atoms with E-state index >= 15 is 0 Å². The molecule has 1 heterocycles. The Kier molecular flexibility index (Phi) is 4.03. The van der Waals surface area contributed by atoms with Crippen molar-refractivity contribution < 1.29 is 4.39 Å². The van der Waals surface area contributed by atoms with E-state index in [4.69, 9.17) is 5.73 Å². The standard InChI is InChI=1S/C16H12BrFN2S/c17-11-3-6-13(14(18)8-11)15-9-21-16(20-15)7-10-1-4-12(19)5-2-10/h1-6,8-9H,7,19H2. The van der Waals surface area contributed by atoms with Crippen molar-refractivity contribution in [2.24, 2.45) is 0 Å². The van der Waals surface area contributed by atoms with E-state index in [1.165, 1.54) is 17.4 Å². The molecule has 0 amide bonds. The molecule has 0 spiro atoms. The molecule has 3 rings (SSSR count). The highest BCUT2D eigenvalue weighted by Crippen LogP contribution is 2.27. The van der Waals surface area contributed by atoms with Gasteiger partial charge in [0.1, 0.15) is 5.82 Å². The summed E-state index contributed by atoms with van der Waals surface area (Å²) >= 11 is 4.79. The van der Waals surface area contributed by atoms with Gasteiger partial charge in [0, 0.05) is 27.5 Å². The van der Waals surface area contributed by atoms with E-state index in [1.807, 2.05) is 35.7 Å². The molecular weight excluding hydrogens is 351 g/mol. The molecule has 0 aliphatic heterocycles. The monoisotopic (exact) mass is 362 g/mol. The molecule has 106 valence electrons. The van der Waals surface area contributed by atoms with Crippen LogP contribution in [0, 0.1) is 5.82 Å². The number of aromatic nitrogens is 1. The number of halogens is 2. The van der Waals surface area contributed by atoms with Crippen LogP contribution in [-0.4, -0.2) is 4.98 Å². The highest BCUT2D eigenvalue weighted by molar-refractivity contribution is 9.10. The Bertz CT molecular complexity index is 768. The van der Waals surface area contributed by atoms with Gasteiger partial charge in [0.25, 0.3) is 0 Å². The maximum atomic E-state index is 13.9. The summed E-state index contributed by atoms with van der Waals surface area (Å²) in [7, 11) is 0. The van der Waals surface area contributed by atoms with E-state index in [1.54, 1.807) is 6.07 Å². The zero-order valence-corrected chi connectivity index (χ0v) is 13.4. The number of thiazole rings is 1. The van der Waals surface area contributed by atoms with Crippen molar-refractivity contribution >= 4 is 33.0 Å². The van der Waals surface area contributed by atoms with Crippen LogP contribution in [0.3, 0.4) is 0 Å². The average Bonchev–Trinajstić information content (AvgIpc) is 2.90. The fourth-order valence-electron chi connectivity index (χ4n) is 2.02. The number of hydrogen-bond donors (Lipinski definition) is 1. The van der Waals surface area contributed by atoms with E-state index in [-0.39, 0.29) is 5.82 Å². The van der Waals surface area contributed by atoms with Crippen molar-refractivity contribution in [2.45, 2.75) is 6.42 Å². The zero-order valence-electron chi connectivity index (χ0n) is 11.0. The number of rotatable bonds is 3. The topological polar surface area (TPSA) is 38.9 Å². The molecule has 0 radical (unpaired) electrons. The minimum absolute atomic E-state index is 0.270. The molecule has 2 N–H and O–H groups in total.